The second-order valence-corrected chi connectivity index (χ2v) is 18.4. The Morgan fingerprint density at radius 1 is 0.296 bits per heavy atom. The third kappa shape index (κ3) is 56.3. The van der Waals surface area contributed by atoms with Gasteiger partial charge in [-0.2, -0.15) is 0 Å². The number of ether oxygens (including phenoxy) is 3. The van der Waals surface area contributed by atoms with Crippen LogP contribution in [0.5, 0.6) is 0 Å². The van der Waals surface area contributed by atoms with Crippen molar-refractivity contribution in [1.29, 1.82) is 0 Å². The molecule has 0 aliphatic carbocycles. The molecule has 0 heterocycles. The summed E-state index contributed by atoms with van der Waals surface area (Å²) in [7, 11) is 0. The lowest BCUT2D eigenvalue weighted by atomic mass is 10.1. The van der Waals surface area contributed by atoms with E-state index in [-0.39, 0.29) is 37.5 Å². The van der Waals surface area contributed by atoms with Gasteiger partial charge in [0.25, 0.3) is 0 Å². The van der Waals surface area contributed by atoms with Crippen LogP contribution in [0.25, 0.3) is 0 Å². The summed E-state index contributed by atoms with van der Waals surface area (Å²) in [6, 6.07) is 0. The number of carbonyl (C=O) groups excluding carboxylic acids is 3. The Bertz CT molecular complexity index is 1550. The van der Waals surface area contributed by atoms with Crippen LogP contribution in [0.1, 0.15) is 239 Å². The van der Waals surface area contributed by atoms with E-state index in [2.05, 4.69) is 154 Å². The van der Waals surface area contributed by atoms with E-state index in [0.29, 0.717) is 19.3 Å². The molecule has 0 aliphatic heterocycles. The highest BCUT2D eigenvalue weighted by Crippen LogP contribution is 2.13. The first-order valence-corrected chi connectivity index (χ1v) is 28.7. The van der Waals surface area contributed by atoms with Crippen LogP contribution in [0.4, 0.5) is 0 Å². The van der Waals surface area contributed by atoms with E-state index in [9.17, 15) is 14.4 Å². The molecular formula is C65H104O6. The van der Waals surface area contributed by atoms with Gasteiger partial charge in [-0.1, -0.05) is 219 Å². The van der Waals surface area contributed by atoms with Crippen molar-refractivity contribution in [3.63, 3.8) is 0 Å². The second-order valence-electron chi connectivity index (χ2n) is 18.4. The molecule has 0 aliphatic rings. The highest BCUT2D eigenvalue weighted by atomic mass is 16.6. The number of rotatable bonds is 50. The Morgan fingerprint density at radius 3 is 0.887 bits per heavy atom. The molecule has 71 heavy (non-hydrogen) atoms. The van der Waals surface area contributed by atoms with E-state index < -0.39 is 6.10 Å². The van der Waals surface area contributed by atoms with Gasteiger partial charge in [0, 0.05) is 19.3 Å². The van der Waals surface area contributed by atoms with Crippen molar-refractivity contribution < 1.29 is 28.6 Å². The van der Waals surface area contributed by atoms with Gasteiger partial charge in [0.15, 0.2) is 6.10 Å². The Kier molecular flexibility index (Phi) is 54.5. The van der Waals surface area contributed by atoms with Gasteiger partial charge in [0.05, 0.1) is 0 Å². The maximum absolute atomic E-state index is 12.9. The van der Waals surface area contributed by atoms with Gasteiger partial charge in [-0.15, -0.1) is 0 Å². The molecular weight excluding hydrogens is 877 g/mol. The Morgan fingerprint density at radius 2 is 0.549 bits per heavy atom. The third-order valence-electron chi connectivity index (χ3n) is 11.6. The summed E-state index contributed by atoms with van der Waals surface area (Å²) >= 11 is 0. The molecule has 0 aromatic heterocycles. The van der Waals surface area contributed by atoms with Crippen molar-refractivity contribution in [2.24, 2.45) is 0 Å². The first-order valence-electron chi connectivity index (χ1n) is 28.7. The summed E-state index contributed by atoms with van der Waals surface area (Å²) in [6.07, 6.45) is 81.5. The summed E-state index contributed by atoms with van der Waals surface area (Å²) in [6.45, 7) is 6.34. The molecule has 1 unspecified atom stereocenters. The summed E-state index contributed by atoms with van der Waals surface area (Å²) < 4.78 is 16.8. The number of unbranched alkanes of at least 4 members (excludes halogenated alkanes) is 17. The van der Waals surface area contributed by atoms with Gasteiger partial charge < -0.3 is 14.2 Å². The molecule has 0 radical (unpaired) electrons. The number of hydrogen-bond acceptors (Lipinski definition) is 6. The average molecular weight is 982 g/mol. The molecule has 6 heteroatoms. The van der Waals surface area contributed by atoms with Crippen LogP contribution >= 0.6 is 0 Å². The van der Waals surface area contributed by atoms with Crippen LogP contribution < -0.4 is 0 Å². The van der Waals surface area contributed by atoms with Crippen molar-refractivity contribution in [2.75, 3.05) is 13.2 Å². The summed E-state index contributed by atoms with van der Waals surface area (Å²) in [4.78, 5) is 38.2. The molecule has 1 atom stereocenters. The summed E-state index contributed by atoms with van der Waals surface area (Å²) in [5.41, 5.74) is 0. The maximum Gasteiger partial charge on any atom is 0.306 e. The number of hydrogen-bond donors (Lipinski definition) is 0. The highest BCUT2D eigenvalue weighted by molar-refractivity contribution is 5.71. The first kappa shape index (κ1) is 66.6. The van der Waals surface area contributed by atoms with E-state index >= 15 is 0 Å². The van der Waals surface area contributed by atoms with Crippen molar-refractivity contribution in [3.8, 4) is 0 Å². The van der Waals surface area contributed by atoms with E-state index in [0.717, 1.165) is 141 Å². The number of allylic oxidation sites excluding steroid dienone is 22. The molecule has 0 aromatic carbocycles. The zero-order valence-corrected chi connectivity index (χ0v) is 45.7. The van der Waals surface area contributed by atoms with E-state index in [1.54, 1.807) is 0 Å². The zero-order valence-electron chi connectivity index (χ0n) is 45.7. The molecule has 400 valence electrons. The summed E-state index contributed by atoms with van der Waals surface area (Å²) in [5, 5.41) is 0. The quantitative estimate of drug-likeness (QED) is 0.0262. The largest absolute Gasteiger partial charge is 0.462 e. The number of esters is 3. The van der Waals surface area contributed by atoms with Gasteiger partial charge >= 0.3 is 17.9 Å². The molecule has 0 spiro atoms. The van der Waals surface area contributed by atoms with Crippen molar-refractivity contribution >= 4 is 17.9 Å². The fraction of sp³-hybridized carbons (Fsp3) is 0.615. The van der Waals surface area contributed by atoms with E-state index in [4.69, 9.17) is 14.2 Å². The standard InChI is InChI=1S/C65H104O6/c1-4-7-10-13-16-19-22-25-28-30-32-34-37-40-43-46-49-52-55-58-64(67)70-61-62(60-69-63(66)57-54-51-48-45-42-39-36-27-24-21-18-15-12-9-6-3)71-65(68)59-56-53-50-47-44-41-38-35-33-31-29-26-23-20-17-14-11-8-5-2/h7-8,10-11,16-17,19-20,25-29,32-36,40-41,43-44,62H,4-6,9,12-15,18,21-24,30-31,37-39,42,45-61H2,1-3H3/b10-7-,11-8-,19-16-,20-17-,28-25-,29-26-,34-32-,35-33-,36-27-,43-40-,44-41-. The normalized spacial score (nSPS) is 13.1. The lowest BCUT2D eigenvalue weighted by Crippen LogP contribution is -2.30. The lowest BCUT2D eigenvalue weighted by Gasteiger charge is -2.18. The van der Waals surface area contributed by atoms with E-state index in [1.165, 1.54) is 51.4 Å². The van der Waals surface area contributed by atoms with E-state index in [1.807, 2.05) is 0 Å². The van der Waals surface area contributed by atoms with Crippen molar-refractivity contribution in [1.82, 2.24) is 0 Å². The average Bonchev–Trinajstić information content (AvgIpc) is 3.37. The van der Waals surface area contributed by atoms with Crippen molar-refractivity contribution in [3.05, 3.63) is 134 Å². The van der Waals surface area contributed by atoms with Gasteiger partial charge in [0.2, 0.25) is 0 Å². The van der Waals surface area contributed by atoms with Crippen LogP contribution in [-0.4, -0.2) is 37.2 Å². The zero-order chi connectivity index (χ0) is 51.4. The predicted octanol–water partition coefficient (Wildman–Crippen LogP) is 19.4. The smallest absolute Gasteiger partial charge is 0.306 e. The highest BCUT2D eigenvalue weighted by Gasteiger charge is 2.19. The summed E-state index contributed by atoms with van der Waals surface area (Å²) in [5.74, 6) is -0.988. The van der Waals surface area contributed by atoms with Crippen LogP contribution in [0, 0.1) is 0 Å². The molecule has 0 saturated heterocycles. The van der Waals surface area contributed by atoms with Crippen LogP contribution in [0.2, 0.25) is 0 Å². The molecule has 0 aromatic rings. The Hall–Kier alpha value is -4.45. The van der Waals surface area contributed by atoms with Crippen LogP contribution in [-0.2, 0) is 28.6 Å². The monoisotopic (exact) mass is 981 g/mol. The van der Waals surface area contributed by atoms with Gasteiger partial charge in [0.1, 0.15) is 13.2 Å². The third-order valence-corrected chi connectivity index (χ3v) is 11.6. The fourth-order valence-electron chi connectivity index (χ4n) is 7.37. The SMILES string of the molecule is CC/C=C\C/C=C\C/C=C\C/C=C\C/C=C\CCCCCC(=O)OCC(COC(=O)CCCCCCC/C=C\CCCCCCCC)OC(=O)CCCCC/C=C\C/C=C\C/C=C\C/C=C\C/C=C\CC. The molecule has 0 amide bonds. The minimum Gasteiger partial charge on any atom is -0.462 e. The molecule has 0 rings (SSSR count). The molecule has 6 nitrogen and oxygen atoms in total. The fourth-order valence-corrected chi connectivity index (χ4v) is 7.37. The van der Waals surface area contributed by atoms with Crippen LogP contribution in [0.15, 0.2) is 134 Å². The van der Waals surface area contributed by atoms with Gasteiger partial charge in [-0.05, 0) is 135 Å². The topological polar surface area (TPSA) is 78.9 Å². The second kappa shape index (κ2) is 58.1. The van der Waals surface area contributed by atoms with Gasteiger partial charge in [-0.25, -0.2) is 0 Å². The number of carbonyl (C=O) groups is 3. The molecule has 0 N–H and O–H groups in total. The molecule has 0 saturated carbocycles. The molecule has 0 fully saturated rings. The van der Waals surface area contributed by atoms with Crippen LogP contribution in [0.3, 0.4) is 0 Å². The lowest BCUT2D eigenvalue weighted by molar-refractivity contribution is -0.167. The molecule has 0 bridgehead atoms. The minimum absolute atomic E-state index is 0.111. The Labute approximate surface area is 436 Å². The predicted molar refractivity (Wildman–Crippen MR) is 306 cm³/mol. The minimum atomic E-state index is -0.818. The Balaban J connectivity index is 4.55. The van der Waals surface area contributed by atoms with Crippen molar-refractivity contribution in [2.45, 2.75) is 245 Å². The maximum atomic E-state index is 12.9. The van der Waals surface area contributed by atoms with Gasteiger partial charge in [-0.3, -0.25) is 14.4 Å². The first-order chi connectivity index (χ1) is 35.0.